The van der Waals surface area contributed by atoms with Crippen molar-refractivity contribution in [2.75, 3.05) is 25.9 Å². The molecule has 6 heteroatoms. The Bertz CT molecular complexity index is 560. The first kappa shape index (κ1) is 16.7. The van der Waals surface area contributed by atoms with Crippen molar-refractivity contribution in [2.45, 2.75) is 25.8 Å². The molecule has 118 valence electrons. The van der Waals surface area contributed by atoms with Crippen LogP contribution in [0.2, 0.25) is 5.02 Å². The minimum absolute atomic E-state index is 0.360. The van der Waals surface area contributed by atoms with Gasteiger partial charge in [-0.25, -0.2) is 12.7 Å². The quantitative estimate of drug-likeness (QED) is 0.869. The van der Waals surface area contributed by atoms with Crippen LogP contribution >= 0.6 is 11.6 Å². The molecule has 0 radical (unpaired) electrons. The standard InChI is InChI=1S/C15H23ClN2O2S/c1-12(9-13-3-5-15(16)6-4-13)17-10-14-7-8-18(11-14)21(2,19)20/h3-6,12,14,17H,7-11H2,1-2H3/t12-,14+/m0/s1. The molecule has 1 N–H and O–H groups in total. The minimum Gasteiger partial charge on any atom is -0.314 e. The van der Waals surface area contributed by atoms with Gasteiger partial charge in [0, 0.05) is 24.2 Å². The van der Waals surface area contributed by atoms with Crippen molar-refractivity contribution >= 4 is 21.6 Å². The number of rotatable bonds is 6. The molecule has 21 heavy (non-hydrogen) atoms. The molecule has 1 aliphatic rings. The van der Waals surface area contributed by atoms with E-state index in [1.54, 1.807) is 4.31 Å². The lowest BCUT2D eigenvalue weighted by Gasteiger charge is -2.18. The number of sulfonamides is 1. The maximum Gasteiger partial charge on any atom is 0.211 e. The Kier molecular flexibility index (Phi) is 5.66. The summed E-state index contributed by atoms with van der Waals surface area (Å²) >= 11 is 5.88. The first-order valence-corrected chi connectivity index (χ1v) is 9.50. The molecule has 1 heterocycles. The van der Waals surface area contributed by atoms with Crippen molar-refractivity contribution < 1.29 is 8.42 Å². The van der Waals surface area contributed by atoms with Crippen molar-refractivity contribution in [2.24, 2.45) is 5.92 Å². The molecule has 0 spiro atoms. The van der Waals surface area contributed by atoms with Gasteiger partial charge in [0.05, 0.1) is 6.26 Å². The minimum atomic E-state index is -3.03. The molecule has 0 aromatic heterocycles. The average Bonchev–Trinajstić information content (AvgIpc) is 2.88. The van der Waals surface area contributed by atoms with E-state index in [9.17, 15) is 8.42 Å². The number of halogens is 1. The van der Waals surface area contributed by atoms with E-state index in [4.69, 9.17) is 11.6 Å². The van der Waals surface area contributed by atoms with Crippen LogP contribution < -0.4 is 5.32 Å². The summed E-state index contributed by atoms with van der Waals surface area (Å²) in [5, 5.41) is 4.26. The van der Waals surface area contributed by atoms with Crippen molar-refractivity contribution in [3.63, 3.8) is 0 Å². The lowest BCUT2D eigenvalue weighted by Crippen LogP contribution is -2.34. The van der Waals surface area contributed by atoms with Crippen molar-refractivity contribution in [1.82, 2.24) is 9.62 Å². The van der Waals surface area contributed by atoms with E-state index in [2.05, 4.69) is 12.2 Å². The first-order valence-electron chi connectivity index (χ1n) is 7.27. The summed E-state index contributed by atoms with van der Waals surface area (Å²) in [7, 11) is -3.03. The summed E-state index contributed by atoms with van der Waals surface area (Å²) in [6.07, 6.45) is 3.17. The highest BCUT2D eigenvalue weighted by Crippen LogP contribution is 2.18. The van der Waals surface area contributed by atoms with E-state index >= 15 is 0 Å². The van der Waals surface area contributed by atoms with Gasteiger partial charge in [-0.1, -0.05) is 23.7 Å². The molecule has 1 aliphatic heterocycles. The summed E-state index contributed by atoms with van der Waals surface area (Å²) in [4.78, 5) is 0. The predicted molar refractivity (Wildman–Crippen MR) is 87.1 cm³/mol. The molecule has 0 aliphatic carbocycles. The predicted octanol–water partition coefficient (Wildman–Crippen LogP) is 2.14. The third kappa shape index (κ3) is 5.25. The second kappa shape index (κ2) is 7.09. The molecule has 2 rings (SSSR count). The fourth-order valence-corrected chi connectivity index (χ4v) is 3.72. The molecule has 1 fully saturated rings. The SMILES string of the molecule is C[C@@H](Cc1ccc(Cl)cc1)NC[C@H]1CCN(S(C)(=O)=O)C1. The highest BCUT2D eigenvalue weighted by atomic mass is 35.5. The molecule has 0 saturated carbocycles. The maximum atomic E-state index is 11.5. The zero-order valence-corrected chi connectivity index (χ0v) is 14.1. The zero-order valence-electron chi connectivity index (χ0n) is 12.5. The van der Waals surface area contributed by atoms with Crippen LogP contribution in [0.1, 0.15) is 18.9 Å². The Morgan fingerprint density at radius 2 is 2.05 bits per heavy atom. The van der Waals surface area contributed by atoms with Gasteiger partial charge in [-0.15, -0.1) is 0 Å². The van der Waals surface area contributed by atoms with Crippen molar-refractivity contribution in [1.29, 1.82) is 0 Å². The Labute approximate surface area is 132 Å². The first-order chi connectivity index (χ1) is 9.84. The van der Waals surface area contributed by atoms with Gasteiger partial charge < -0.3 is 5.32 Å². The summed E-state index contributed by atoms with van der Waals surface area (Å²) in [5.74, 6) is 0.410. The van der Waals surface area contributed by atoms with E-state index in [1.165, 1.54) is 11.8 Å². The van der Waals surface area contributed by atoms with Gasteiger partial charge >= 0.3 is 0 Å². The number of hydrogen-bond acceptors (Lipinski definition) is 3. The molecule has 4 nitrogen and oxygen atoms in total. The number of nitrogens with zero attached hydrogens (tertiary/aromatic N) is 1. The van der Waals surface area contributed by atoms with Crippen molar-refractivity contribution in [3.05, 3.63) is 34.9 Å². The van der Waals surface area contributed by atoms with Gasteiger partial charge in [0.15, 0.2) is 0 Å². The Balaban J connectivity index is 1.75. The third-order valence-electron chi connectivity index (χ3n) is 3.93. The van der Waals surface area contributed by atoms with E-state index in [-0.39, 0.29) is 0 Å². The van der Waals surface area contributed by atoms with Crippen LogP contribution in [-0.2, 0) is 16.4 Å². The van der Waals surface area contributed by atoms with Gasteiger partial charge in [-0.2, -0.15) is 0 Å². The molecule has 0 amide bonds. The lowest BCUT2D eigenvalue weighted by molar-refractivity contribution is 0.428. The van der Waals surface area contributed by atoms with Crippen LogP contribution in [0.4, 0.5) is 0 Å². The van der Waals surface area contributed by atoms with Gasteiger partial charge in [-0.05, 0) is 49.9 Å². The third-order valence-corrected chi connectivity index (χ3v) is 5.45. The second-order valence-corrected chi connectivity index (χ2v) is 8.33. The van der Waals surface area contributed by atoms with Crippen LogP contribution in [-0.4, -0.2) is 44.7 Å². The highest BCUT2D eigenvalue weighted by Gasteiger charge is 2.28. The summed E-state index contributed by atoms with van der Waals surface area (Å²) in [6.45, 7) is 4.30. The van der Waals surface area contributed by atoms with Crippen LogP contribution in [0, 0.1) is 5.92 Å². The topological polar surface area (TPSA) is 49.4 Å². The second-order valence-electron chi connectivity index (χ2n) is 5.92. The molecule has 1 aromatic rings. The van der Waals surface area contributed by atoms with E-state index in [0.717, 1.165) is 24.4 Å². The van der Waals surface area contributed by atoms with Crippen LogP contribution in [0.3, 0.4) is 0 Å². The van der Waals surface area contributed by atoms with E-state index < -0.39 is 10.0 Å². The van der Waals surface area contributed by atoms with Gasteiger partial charge in [0.1, 0.15) is 0 Å². The smallest absolute Gasteiger partial charge is 0.211 e. The fraction of sp³-hybridized carbons (Fsp3) is 0.600. The lowest BCUT2D eigenvalue weighted by atomic mass is 10.1. The largest absolute Gasteiger partial charge is 0.314 e. The average molecular weight is 331 g/mol. The zero-order chi connectivity index (χ0) is 15.5. The Morgan fingerprint density at radius 1 is 1.38 bits per heavy atom. The summed E-state index contributed by atoms with van der Waals surface area (Å²) < 4.78 is 24.5. The molecular formula is C15H23ClN2O2S. The summed E-state index contributed by atoms with van der Waals surface area (Å²) in [6, 6.07) is 8.26. The van der Waals surface area contributed by atoms with Gasteiger partial charge in [-0.3, -0.25) is 0 Å². The maximum absolute atomic E-state index is 11.5. The van der Waals surface area contributed by atoms with Crippen LogP contribution in [0.25, 0.3) is 0 Å². The fourth-order valence-electron chi connectivity index (χ4n) is 2.68. The van der Waals surface area contributed by atoms with Gasteiger partial charge in [0.25, 0.3) is 0 Å². The molecular weight excluding hydrogens is 308 g/mol. The number of hydrogen-bond donors (Lipinski definition) is 1. The van der Waals surface area contributed by atoms with Crippen molar-refractivity contribution in [3.8, 4) is 0 Å². The number of nitrogens with one attached hydrogen (secondary N) is 1. The summed E-state index contributed by atoms with van der Waals surface area (Å²) in [5.41, 5.74) is 1.25. The molecule has 0 unspecified atom stereocenters. The van der Waals surface area contributed by atoms with E-state index in [0.29, 0.717) is 25.0 Å². The Morgan fingerprint density at radius 3 is 2.62 bits per heavy atom. The molecule has 0 bridgehead atoms. The van der Waals surface area contributed by atoms with Crippen LogP contribution in [0.5, 0.6) is 0 Å². The highest BCUT2D eigenvalue weighted by molar-refractivity contribution is 7.88. The van der Waals surface area contributed by atoms with E-state index in [1.807, 2.05) is 24.3 Å². The van der Waals surface area contributed by atoms with Gasteiger partial charge in [0.2, 0.25) is 10.0 Å². The monoisotopic (exact) mass is 330 g/mol. The normalized spacial score (nSPS) is 21.6. The van der Waals surface area contributed by atoms with Crippen LogP contribution in [0.15, 0.2) is 24.3 Å². The molecule has 1 aromatic carbocycles. The molecule has 1 saturated heterocycles. The Hall–Kier alpha value is -0.620. The molecule has 2 atom stereocenters. The number of benzene rings is 1.